The van der Waals surface area contributed by atoms with Gasteiger partial charge in [-0.3, -0.25) is 0 Å². The second kappa shape index (κ2) is 5.58. The van der Waals surface area contributed by atoms with Crippen LogP contribution in [0.4, 0.5) is 11.5 Å². The highest BCUT2D eigenvalue weighted by molar-refractivity contribution is 5.99. The molecule has 0 radical (unpaired) electrons. The first-order valence-electron chi connectivity index (χ1n) is 6.41. The van der Waals surface area contributed by atoms with Crippen molar-refractivity contribution < 1.29 is 9.84 Å². The van der Waals surface area contributed by atoms with E-state index in [1.165, 1.54) is 6.07 Å². The molecule has 21 heavy (non-hydrogen) atoms. The standard InChI is InChI=1S/C16H13N3O2/c1-21-14-10-13(20)16(12-7-3-2-6-11(12)14)19-18-15-8-4-5-9-17-15/h2-10,20H,1H3. The van der Waals surface area contributed by atoms with Crippen LogP contribution in [-0.2, 0) is 0 Å². The maximum absolute atomic E-state index is 10.1. The zero-order valence-electron chi connectivity index (χ0n) is 11.4. The Labute approximate surface area is 121 Å². The maximum Gasteiger partial charge on any atom is 0.174 e. The molecule has 3 aromatic rings. The molecule has 0 saturated carbocycles. The van der Waals surface area contributed by atoms with Crippen LogP contribution in [0.1, 0.15) is 0 Å². The number of aromatic nitrogens is 1. The van der Waals surface area contributed by atoms with Crippen molar-refractivity contribution in [2.24, 2.45) is 10.2 Å². The Bertz CT molecular complexity index is 801. The Morgan fingerprint density at radius 2 is 1.76 bits per heavy atom. The number of azo groups is 1. The summed E-state index contributed by atoms with van der Waals surface area (Å²) in [7, 11) is 1.57. The number of nitrogens with zero attached hydrogens (tertiary/aromatic N) is 3. The largest absolute Gasteiger partial charge is 0.505 e. The van der Waals surface area contributed by atoms with Crippen LogP contribution in [0, 0.1) is 0 Å². The van der Waals surface area contributed by atoms with Gasteiger partial charge in [0.15, 0.2) is 5.82 Å². The van der Waals surface area contributed by atoms with Crippen LogP contribution in [0.2, 0.25) is 0 Å². The minimum absolute atomic E-state index is 0.0187. The number of benzene rings is 2. The predicted octanol–water partition coefficient (Wildman–Crippen LogP) is 4.36. The molecule has 0 fully saturated rings. The van der Waals surface area contributed by atoms with Crippen molar-refractivity contribution in [3.63, 3.8) is 0 Å². The average Bonchev–Trinajstić information content (AvgIpc) is 2.54. The summed E-state index contributed by atoms with van der Waals surface area (Å²) < 4.78 is 5.28. The first kappa shape index (κ1) is 13.1. The topological polar surface area (TPSA) is 67.1 Å². The van der Waals surface area contributed by atoms with Crippen molar-refractivity contribution >= 4 is 22.3 Å². The van der Waals surface area contributed by atoms with Gasteiger partial charge in [-0.05, 0) is 12.1 Å². The highest BCUT2D eigenvalue weighted by Crippen LogP contribution is 2.41. The molecule has 1 N–H and O–H groups in total. The third-order valence-corrected chi connectivity index (χ3v) is 3.08. The molecule has 0 amide bonds. The Morgan fingerprint density at radius 1 is 1.00 bits per heavy atom. The van der Waals surface area contributed by atoms with Gasteiger partial charge < -0.3 is 9.84 Å². The van der Waals surface area contributed by atoms with Crippen LogP contribution in [0.25, 0.3) is 10.8 Å². The molecule has 0 bridgehead atoms. The van der Waals surface area contributed by atoms with Gasteiger partial charge in [0.1, 0.15) is 17.2 Å². The fourth-order valence-corrected chi connectivity index (χ4v) is 2.10. The molecule has 1 aromatic heterocycles. The Balaban J connectivity index is 2.14. The van der Waals surface area contributed by atoms with Gasteiger partial charge in [0, 0.05) is 23.0 Å². The molecule has 0 aliphatic rings. The van der Waals surface area contributed by atoms with E-state index in [0.29, 0.717) is 17.3 Å². The summed E-state index contributed by atoms with van der Waals surface area (Å²) in [6.45, 7) is 0. The van der Waals surface area contributed by atoms with Gasteiger partial charge in [-0.2, -0.15) is 0 Å². The minimum atomic E-state index is 0.0187. The van der Waals surface area contributed by atoms with E-state index in [-0.39, 0.29) is 5.75 Å². The molecule has 2 aromatic carbocycles. The van der Waals surface area contributed by atoms with Gasteiger partial charge in [0.25, 0.3) is 0 Å². The average molecular weight is 279 g/mol. The van der Waals surface area contributed by atoms with Crippen LogP contribution in [0.5, 0.6) is 11.5 Å². The quantitative estimate of drug-likeness (QED) is 0.724. The lowest BCUT2D eigenvalue weighted by molar-refractivity contribution is 0.413. The molecule has 0 aliphatic carbocycles. The van der Waals surface area contributed by atoms with Crippen LogP contribution in [0.15, 0.2) is 65.0 Å². The van der Waals surface area contributed by atoms with Gasteiger partial charge in [-0.1, -0.05) is 30.3 Å². The number of hydrogen-bond donors (Lipinski definition) is 1. The molecule has 0 saturated heterocycles. The lowest BCUT2D eigenvalue weighted by Crippen LogP contribution is -1.85. The van der Waals surface area contributed by atoms with E-state index in [4.69, 9.17) is 4.74 Å². The van der Waals surface area contributed by atoms with Crippen molar-refractivity contribution in [1.29, 1.82) is 0 Å². The molecule has 0 spiro atoms. The first-order valence-corrected chi connectivity index (χ1v) is 6.41. The molecule has 0 aliphatic heterocycles. The normalized spacial score (nSPS) is 11.1. The smallest absolute Gasteiger partial charge is 0.174 e. The summed E-state index contributed by atoms with van der Waals surface area (Å²) >= 11 is 0. The summed E-state index contributed by atoms with van der Waals surface area (Å²) in [5, 5.41) is 20.0. The summed E-state index contributed by atoms with van der Waals surface area (Å²) in [4.78, 5) is 4.07. The summed E-state index contributed by atoms with van der Waals surface area (Å²) in [5.41, 5.74) is 0.400. The number of phenols is 1. The summed E-state index contributed by atoms with van der Waals surface area (Å²) in [6.07, 6.45) is 1.64. The van der Waals surface area contributed by atoms with Crippen molar-refractivity contribution in [3.8, 4) is 11.5 Å². The molecular weight excluding hydrogens is 266 g/mol. The molecule has 1 heterocycles. The highest BCUT2D eigenvalue weighted by atomic mass is 16.5. The minimum Gasteiger partial charge on any atom is -0.505 e. The zero-order valence-corrected chi connectivity index (χ0v) is 11.4. The first-order chi connectivity index (χ1) is 10.3. The number of hydrogen-bond acceptors (Lipinski definition) is 5. The molecule has 3 rings (SSSR count). The number of phenolic OH excluding ortho intramolecular Hbond substituents is 1. The van der Waals surface area contributed by atoms with E-state index in [2.05, 4.69) is 15.2 Å². The van der Waals surface area contributed by atoms with E-state index < -0.39 is 0 Å². The number of methoxy groups -OCH3 is 1. The van der Waals surface area contributed by atoms with Crippen LogP contribution < -0.4 is 4.74 Å². The van der Waals surface area contributed by atoms with Gasteiger partial charge in [0.05, 0.1) is 7.11 Å². The van der Waals surface area contributed by atoms with Gasteiger partial charge in [-0.15, -0.1) is 10.2 Å². The van der Waals surface area contributed by atoms with E-state index in [9.17, 15) is 5.11 Å². The van der Waals surface area contributed by atoms with Crippen LogP contribution >= 0.6 is 0 Å². The maximum atomic E-state index is 10.1. The fourth-order valence-electron chi connectivity index (χ4n) is 2.10. The van der Waals surface area contributed by atoms with E-state index in [0.717, 1.165) is 10.8 Å². The van der Waals surface area contributed by atoms with Crippen molar-refractivity contribution in [2.75, 3.05) is 7.11 Å². The predicted molar refractivity (Wildman–Crippen MR) is 80.6 cm³/mol. The molecule has 0 atom stereocenters. The second-order valence-corrected chi connectivity index (χ2v) is 4.38. The van der Waals surface area contributed by atoms with Crippen molar-refractivity contribution in [1.82, 2.24) is 4.98 Å². The third kappa shape index (κ3) is 2.53. The molecule has 5 heteroatoms. The SMILES string of the molecule is COc1cc(O)c(N=Nc2ccccn2)c2ccccc12. The zero-order chi connectivity index (χ0) is 14.7. The Morgan fingerprint density at radius 3 is 2.48 bits per heavy atom. The van der Waals surface area contributed by atoms with E-state index in [1.54, 1.807) is 25.4 Å². The lowest BCUT2D eigenvalue weighted by atomic mass is 10.1. The number of aromatic hydroxyl groups is 1. The second-order valence-electron chi connectivity index (χ2n) is 4.38. The van der Waals surface area contributed by atoms with E-state index in [1.807, 2.05) is 30.3 Å². The molecule has 0 unspecified atom stereocenters. The number of rotatable bonds is 3. The van der Waals surface area contributed by atoms with Gasteiger partial charge in [0.2, 0.25) is 0 Å². The number of fused-ring (bicyclic) bond motifs is 1. The van der Waals surface area contributed by atoms with E-state index >= 15 is 0 Å². The van der Waals surface area contributed by atoms with Crippen molar-refractivity contribution in [3.05, 3.63) is 54.7 Å². The Kier molecular flexibility index (Phi) is 3.47. The molecule has 5 nitrogen and oxygen atoms in total. The van der Waals surface area contributed by atoms with Crippen LogP contribution in [0.3, 0.4) is 0 Å². The number of pyridine rings is 1. The van der Waals surface area contributed by atoms with Gasteiger partial charge >= 0.3 is 0 Å². The highest BCUT2D eigenvalue weighted by Gasteiger charge is 2.11. The molecular formula is C16H13N3O2. The number of ether oxygens (including phenoxy) is 1. The van der Waals surface area contributed by atoms with Gasteiger partial charge in [-0.25, -0.2) is 4.98 Å². The fraction of sp³-hybridized carbons (Fsp3) is 0.0625. The van der Waals surface area contributed by atoms with Crippen LogP contribution in [-0.4, -0.2) is 17.2 Å². The summed E-state index contributed by atoms with van der Waals surface area (Å²) in [5.74, 6) is 1.10. The molecule has 104 valence electrons. The monoisotopic (exact) mass is 279 g/mol. The Hall–Kier alpha value is -2.95. The lowest BCUT2D eigenvalue weighted by Gasteiger charge is -2.09. The summed E-state index contributed by atoms with van der Waals surface area (Å²) in [6, 6.07) is 14.5. The third-order valence-electron chi connectivity index (χ3n) is 3.08. The van der Waals surface area contributed by atoms with Crippen molar-refractivity contribution in [2.45, 2.75) is 0 Å².